The third-order valence-electron chi connectivity index (χ3n) is 4.45. The lowest BCUT2D eigenvalue weighted by Crippen LogP contribution is -2.53. The molecule has 26 heavy (non-hydrogen) atoms. The van der Waals surface area contributed by atoms with Crippen LogP contribution < -0.4 is 5.32 Å². The number of piperazine rings is 1. The van der Waals surface area contributed by atoms with Crippen LogP contribution in [-0.4, -0.2) is 64.4 Å². The number of nitrogens with one attached hydrogen (secondary N) is 2. The minimum Gasteiger partial charge on any atom is -0.357 e. The number of aromatic nitrogens is 2. The van der Waals surface area contributed by atoms with E-state index in [1.165, 1.54) is 0 Å². The van der Waals surface area contributed by atoms with Crippen LogP contribution in [0.25, 0.3) is 11.3 Å². The van der Waals surface area contributed by atoms with Crippen molar-refractivity contribution < 1.29 is 4.79 Å². The van der Waals surface area contributed by atoms with Gasteiger partial charge in [-0.15, -0.1) is 0 Å². The minimum atomic E-state index is 0.135. The zero-order valence-electron chi connectivity index (χ0n) is 15.4. The number of imidazole rings is 1. The number of hydrogen-bond donors (Lipinski definition) is 2. The van der Waals surface area contributed by atoms with E-state index < -0.39 is 0 Å². The number of aromatic amines is 1. The Hall–Kier alpha value is -2.83. The fraction of sp³-hybridized carbons (Fsp3) is 0.421. The summed E-state index contributed by atoms with van der Waals surface area (Å²) in [6.45, 7) is 8.02. The Labute approximate surface area is 154 Å². The van der Waals surface area contributed by atoms with Crippen LogP contribution in [0.4, 0.5) is 0 Å². The van der Waals surface area contributed by atoms with Crippen LogP contribution in [0.2, 0.25) is 0 Å². The Kier molecular flexibility index (Phi) is 5.88. The molecule has 0 radical (unpaired) electrons. The fourth-order valence-electron chi connectivity index (χ4n) is 3.02. The molecule has 2 N–H and O–H groups in total. The Morgan fingerprint density at radius 3 is 2.54 bits per heavy atom. The average molecular weight is 354 g/mol. The molecule has 1 aliphatic rings. The van der Waals surface area contributed by atoms with Crippen molar-refractivity contribution in [3.8, 4) is 11.3 Å². The zero-order valence-corrected chi connectivity index (χ0v) is 15.4. The first-order valence-corrected chi connectivity index (χ1v) is 9.05. The number of carbonyl (C=O) groups is 1. The van der Waals surface area contributed by atoms with Crippen molar-refractivity contribution in [2.24, 2.45) is 4.99 Å². The van der Waals surface area contributed by atoms with Crippen molar-refractivity contribution in [1.29, 1.82) is 0 Å². The largest absolute Gasteiger partial charge is 0.357 e. The molecule has 7 heteroatoms. The van der Waals surface area contributed by atoms with E-state index in [4.69, 9.17) is 4.99 Å². The monoisotopic (exact) mass is 354 g/mol. The smallest absolute Gasteiger partial charge is 0.219 e. The molecule has 1 fully saturated rings. The molecule has 1 aromatic carbocycles. The topological polar surface area (TPSA) is 76.6 Å². The van der Waals surface area contributed by atoms with Gasteiger partial charge in [0.1, 0.15) is 12.4 Å². The second-order valence-electron chi connectivity index (χ2n) is 6.27. The van der Waals surface area contributed by atoms with Crippen LogP contribution in [0.5, 0.6) is 0 Å². The quantitative estimate of drug-likeness (QED) is 0.647. The lowest BCUT2D eigenvalue weighted by Gasteiger charge is -2.36. The summed E-state index contributed by atoms with van der Waals surface area (Å²) in [6.07, 6.45) is 1.85. The number of hydrogen-bond acceptors (Lipinski definition) is 3. The van der Waals surface area contributed by atoms with Crippen LogP contribution in [0.3, 0.4) is 0 Å². The molecular weight excluding hydrogens is 328 g/mol. The van der Waals surface area contributed by atoms with Gasteiger partial charge < -0.3 is 20.1 Å². The standard InChI is InChI=1S/C19H26N6O/c1-3-20-19(25-11-9-24(10-12-25)15(2)26)22-14-18-21-13-17(23-18)16-7-5-4-6-8-16/h4-8,13H,3,9-12,14H2,1-2H3,(H,20,22)(H,21,23). The van der Waals surface area contributed by atoms with Gasteiger partial charge >= 0.3 is 0 Å². The number of benzene rings is 1. The Morgan fingerprint density at radius 1 is 1.19 bits per heavy atom. The van der Waals surface area contributed by atoms with Crippen LogP contribution in [0, 0.1) is 0 Å². The maximum Gasteiger partial charge on any atom is 0.219 e. The third kappa shape index (κ3) is 4.41. The molecule has 1 aliphatic heterocycles. The second kappa shape index (κ2) is 8.51. The fourth-order valence-corrected chi connectivity index (χ4v) is 3.02. The van der Waals surface area contributed by atoms with Gasteiger partial charge in [-0.25, -0.2) is 9.98 Å². The normalized spacial score (nSPS) is 15.2. The summed E-state index contributed by atoms with van der Waals surface area (Å²) in [5.41, 5.74) is 2.11. The van der Waals surface area contributed by atoms with Gasteiger partial charge in [0, 0.05) is 39.6 Å². The number of carbonyl (C=O) groups excluding carboxylic acids is 1. The molecule has 1 aromatic heterocycles. The first-order chi connectivity index (χ1) is 12.7. The first-order valence-electron chi connectivity index (χ1n) is 9.05. The highest BCUT2D eigenvalue weighted by molar-refractivity contribution is 5.80. The van der Waals surface area contributed by atoms with Crippen LogP contribution in [0.1, 0.15) is 19.7 Å². The number of H-pyrrole nitrogens is 1. The Morgan fingerprint density at radius 2 is 1.88 bits per heavy atom. The highest BCUT2D eigenvalue weighted by Crippen LogP contribution is 2.16. The van der Waals surface area contributed by atoms with Crippen molar-refractivity contribution >= 4 is 11.9 Å². The molecule has 0 spiro atoms. The van der Waals surface area contributed by atoms with E-state index in [1.54, 1.807) is 6.92 Å². The first kappa shape index (κ1) is 18.0. The van der Waals surface area contributed by atoms with Crippen LogP contribution in [-0.2, 0) is 11.3 Å². The zero-order chi connectivity index (χ0) is 18.4. The average Bonchev–Trinajstić information content (AvgIpc) is 3.15. The van der Waals surface area contributed by atoms with Gasteiger partial charge in [0.25, 0.3) is 0 Å². The maximum atomic E-state index is 11.5. The molecule has 0 bridgehead atoms. The SMILES string of the molecule is CCNC(=NCc1ncc(-c2ccccc2)[nH]1)N1CCN(C(C)=O)CC1. The van der Waals surface area contributed by atoms with Gasteiger partial charge in [-0.05, 0) is 12.5 Å². The molecule has 1 saturated heterocycles. The van der Waals surface area contributed by atoms with Gasteiger partial charge in [0.15, 0.2) is 5.96 Å². The van der Waals surface area contributed by atoms with E-state index in [1.807, 2.05) is 29.3 Å². The van der Waals surface area contributed by atoms with E-state index in [-0.39, 0.29) is 5.91 Å². The summed E-state index contributed by atoms with van der Waals surface area (Å²) < 4.78 is 0. The second-order valence-corrected chi connectivity index (χ2v) is 6.27. The van der Waals surface area contributed by atoms with Gasteiger partial charge in [0.05, 0.1) is 11.9 Å². The number of amides is 1. The lowest BCUT2D eigenvalue weighted by atomic mass is 10.2. The van der Waals surface area contributed by atoms with Crippen LogP contribution in [0.15, 0.2) is 41.5 Å². The summed E-state index contributed by atoms with van der Waals surface area (Å²) in [4.78, 5) is 28.0. The summed E-state index contributed by atoms with van der Waals surface area (Å²) in [6, 6.07) is 10.1. The predicted octanol–water partition coefficient (Wildman–Crippen LogP) is 1.71. The van der Waals surface area contributed by atoms with Gasteiger partial charge in [-0.3, -0.25) is 4.79 Å². The predicted molar refractivity (Wildman–Crippen MR) is 103 cm³/mol. The Bertz CT molecular complexity index is 746. The molecule has 2 aromatic rings. The van der Waals surface area contributed by atoms with Crippen molar-refractivity contribution in [3.63, 3.8) is 0 Å². The van der Waals surface area contributed by atoms with E-state index in [0.29, 0.717) is 6.54 Å². The molecule has 0 atom stereocenters. The molecule has 3 rings (SSSR count). The molecule has 0 aliphatic carbocycles. The molecule has 138 valence electrons. The third-order valence-corrected chi connectivity index (χ3v) is 4.45. The molecular formula is C19H26N6O. The molecule has 7 nitrogen and oxygen atoms in total. The van der Waals surface area contributed by atoms with Crippen LogP contribution >= 0.6 is 0 Å². The number of nitrogens with zero attached hydrogens (tertiary/aromatic N) is 4. The number of rotatable bonds is 4. The molecule has 0 unspecified atom stereocenters. The highest BCUT2D eigenvalue weighted by Gasteiger charge is 2.20. The van der Waals surface area contributed by atoms with Crippen molar-refractivity contribution in [2.45, 2.75) is 20.4 Å². The van der Waals surface area contributed by atoms with Crippen molar-refractivity contribution in [1.82, 2.24) is 25.1 Å². The molecule has 2 heterocycles. The molecule has 1 amide bonds. The molecule has 0 saturated carbocycles. The number of guanidine groups is 1. The highest BCUT2D eigenvalue weighted by atomic mass is 16.2. The summed E-state index contributed by atoms with van der Waals surface area (Å²) >= 11 is 0. The summed E-state index contributed by atoms with van der Waals surface area (Å²) in [5.74, 6) is 1.84. The van der Waals surface area contributed by atoms with E-state index in [9.17, 15) is 4.79 Å². The van der Waals surface area contributed by atoms with Gasteiger partial charge in [-0.1, -0.05) is 30.3 Å². The minimum absolute atomic E-state index is 0.135. The lowest BCUT2D eigenvalue weighted by molar-refractivity contribution is -0.130. The van der Waals surface area contributed by atoms with Crippen molar-refractivity contribution in [2.75, 3.05) is 32.7 Å². The number of aliphatic imine (C=N–C) groups is 1. The van der Waals surface area contributed by atoms with Gasteiger partial charge in [-0.2, -0.15) is 0 Å². The van der Waals surface area contributed by atoms with Gasteiger partial charge in [0.2, 0.25) is 5.91 Å². The van der Waals surface area contributed by atoms with E-state index in [2.05, 4.69) is 39.2 Å². The summed E-state index contributed by atoms with van der Waals surface area (Å²) in [7, 11) is 0. The summed E-state index contributed by atoms with van der Waals surface area (Å²) in [5, 5.41) is 3.34. The van der Waals surface area contributed by atoms with Crippen molar-refractivity contribution in [3.05, 3.63) is 42.4 Å². The van der Waals surface area contributed by atoms with E-state index in [0.717, 1.165) is 55.8 Å². The maximum absolute atomic E-state index is 11.5. The van der Waals surface area contributed by atoms with E-state index >= 15 is 0 Å². The Balaban J connectivity index is 1.65.